The quantitative estimate of drug-likeness (QED) is 0.528. The Hall–Kier alpha value is -0.655. The van der Waals surface area contributed by atoms with E-state index in [1.807, 2.05) is 0 Å². The molecule has 8 heteroatoms. The summed E-state index contributed by atoms with van der Waals surface area (Å²) in [6, 6.07) is 0. The Morgan fingerprint density at radius 3 is 2.17 bits per heavy atom. The molecule has 1 nitrogen and oxygen atoms in total. The molecule has 0 bridgehead atoms. The van der Waals surface area contributed by atoms with Crippen molar-refractivity contribution in [2.75, 3.05) is 0 Å². The van der Waals surface area contributed by atoms with Crippen LogP contribution in [-0.4, -0.2) is 12.0 Å². The third-order valence-corrected chi connectivity index (χ3v) is 2.15. The summed E-state index contributed by atoms with van der Waals surface area (Å²) >= 11 is -0.0104. The van der Waals surface area contributed by atoms with Crippen LogP contribution < -0.4 is 4.78 Å². The minimum atomic E-state index is -5.19. The number of alkyl halides is 2. The third kappa shape index (κ3) is 1.93. The van der Waals surface area contributed by atoms with Gasteiger partial charge in [-0.2, -0.15) is 11.3 Å². The van der Waals surface area contributed by atoms with Crippen molar-refractivity contribution >= 4 is 23.1 Å². The first-order valence-electron chi connectivity index (χ1n) is 2.85. The second kappa shape index (κ2) is 3.00. The molecule has 0 aliphatic rings. The van der Waals surface area contributed by atoms with Crippen molar-refractivity contribution in [2.45, 2.75) is 6.43 Å². The summed E-state index contributed by atoms with van der Waals surface area (Å²) < 4.78 is 58.0. The largest absolute Gasteiger partial charge is 0.521 e. The van der Waals surface area contributed by atoms with Crippen LogP contribution >= 0.6 is 11.3 Å². The summed E-state index contributed by atoms with van der Waals surface area (Å²) in [4.78, 5) is 2.95. The zero-order chi connectivity index (χ0) is 9.35. The molecule has 0 aliphatic carbocycles. The number of nitrogens with zero attached hydrogens (tertiary/aromatic N) is 1. The molecule has 0 saturated heterocycles. The fourth-order valence-electron chi connectivity index (χ4n) is 0.553. The second-order valence-corrected chi connectivity index (χ2v) is 3.07. The second-order valence-electron chi connectivity index (χ2n) is 1.98. The molecule has 1 heterocycles. The Morgan fingerprint density at radius 2 is 1.92 bits per heavy atom. The van der Waals surface area contributed by atoms with E-state index in [0.29, 0.717) is 6.20 Å². The first kappa shape index (κ1) is 9.43. The Balaban J connectivity index is 2.92. The molecule has 1 rings (SSSR count). The van der Waals surface area contributed by atoms with Crippen molar-refractivity contribution in [3.63, 3.8) is 0 Å². The van der Waals surface area contributed by atoms with Crippen LogP contribution in [0, 0.1) is 0 Å². The lowest BCUT2D eigenvalue weighted by atomic mass is 9.91. The van der Waals surface area contributed by atoms with Crippen molar-refractivity contribution in [1.29, 1.82) is 0 Å². The Labute approximate surface area is 68.3 Å². The van der Waals surface area contributed by atoms with Gasteiger partial charge in [-0.05, 0) is 4.78 Å². The maximum Gasteiger partial charge on any atom is 0.521 e. The summed E-state index contributed by atoms with van der Waals surface area (Å²) in [5.74, 6) is 0. The van der Waals surface area contributed by atoms with E-state index in [4.69, 9.17) is 0 Å². The zero-order valence-corrected chi connectivity index (χ0v) is 6.29. The highest BCUT2D eigenvalue weighted by Gasteiger charge is 2.29. The van der Waals surface area contributed by atoms with Gasteiger partial charge >= 0.3 is 6.98 Å². The number of halogens is 5. The summed E-state index contributed by atoms with van der Waals surface area (Å²) in [5, 5.41) is -0.788. The van der Waals surface area contributed by atoms with Gasteiger partial charge in [0.1, 0.15) is 0 Å². The molecular weight excluding hydrogens is 200 g/mol. The molecule has 1 aromatic heterocycles. The van der Waals surface area contributed by atoms with E-state index in [1.165, 1.54) is 0 Å². The number of aromatic nitrogens is 1. The van der Waals surface area contributed by atoms with Crippen molar-refractivity contribution in [3.05, 3.63) is 11.2 Å². The van der Waals surface area contributed by atoms with E-state index >= 15 is 0 Å². The summed E-state index contributed by atoms with van der Waals surface area (Å²) in [6.07, 6.45) is -2.49. The predicted octanol–water partition coefficient (Wildman–Crippen LogP) is 2.14. The molecule has 12 heavy (non-hydrogen) atoms. The van der Waals surface area contributed by atoms with Gasteiger partial charge < -0.3 is 12.9 Å². The SMILES string of the molecule is FC(F)c1ncc([B-](F)(F)F)s1. The van der Waals surface area contributed by atoms with E-state index in [0.717, 1.165) is 0 Å². The number of hydrogen-bond donors (Lipinski definition) is 0. The van der Waals surface area contributed by atoms with Gasteiger partial charge in [-0.3, -0.25) is 0 Å². The van der Waals surface area contributed by atoms with Crippen molar-refractivity contribution in [1.82, 2.24) is 4.98 Å². The molecule has 0 radical (unpaired) electrons. The van der Waals surface area contributed by atoms with Crippen LogP contribution in [0.3, 0.4) is 0 Å². The lowest BCUT2D eigenvalue weighted by molar-refractivity contribution is 0.151. The minimum absolute atomic E-state index is 0.0104. The first-order chi connectivity index (χ1) is 5.41. The van der Waals surface area contributed by atoms with Gasteiger partial charge in [-0.1, -0.05) is 0 Å². The van der Waals surface area contributed by atoms with Gasteiger partial charge in [-0.25, -0.2) is 13.8 Å². The van der Waals surface area contributed by atoms with Gasteiger partial charge in [0.2, 0.25) is 0 Å². The molecular formula is C4H2BF5NS-. The average Bonchev–Trinajstić information content (AvgIpc) is 2.30. The fourth-order valence-corrected chi connectivity index (χ4v) is 1.23. The topological polar surface area (TPSA) is 12.9 Å². The maximum absolute atomic E-state index is 11.9. The molecule has 0 aliphatic heterocycles. The summed E-state index contributed by atoms with van der Waals surface area (Å²) in [5.41, 5.74) is 0. The molecule has 0 N–H and O–H groups in total. The smallest absolute Gasteiger partial charge is 0.444 e. The molecule has 0 fully saturated rings. The Morgan fingerprint density at radius 1 is 1.33 bits per heavy atom. The van der Waals surface area contributed by atoms with Crippen LogP contribution in [0.15, 0.2) is 6.20 Å². The van der Waals surface area contributed by atoms with E-state index in [2.05, 4.69) is 4.98 Å². The molecule has 1 aromatic rings. The van der Waals surface area contributed by atoms with Gasteiger partial charge in [0.05, 0.1) is 0 Å². The van der Waals surface area contributed by atoms with Crippen LogP contribution in [0.1, 0.15) is 11.4 Å². The number of hydrogen-bond acceptors (Lipinski definition) is 2. The van der Waals surface area contributed by atoms with E-state index < -0.39 is 23.2 Å². The highest BCUT2D eigenvalue weighted by Crippen LogP contribution is 2.22. The maximum atomic E-state index is 11.9. The summed E-state index contributed by atoms with van der Waals surface area (Å²) in [6.45, 7) is -5.19. The van der Waals surface area contributed by atoms with Crippen molar-refractivity contribution in [2.24, 2.45) is 0 Å². The normalized spacial score (nSPS) is 12.5. The van der Waals surface area contributed by atoms with Crippen LogP contribution in [0.5, 0.6) is 0 Å². The van der Waals surface area contributed by atoms with Crippen molar-refractivity contribution in [3.8, 4) is 0 Å². The van der Waals surface area contributed by atoms with Gasteiger partial charge in [0.25, 0.3) is 6.43 Å². The van der Waals surface area contributed by atoms with E-state index in [1.54, 1.807) is 0 Å². The van der Waals surface area contributed by atoms with Crippen LogP contribution in [0.4, 0.5) is 21.7 Å². The van der Waals surface area contributed by atoms with Crippen molar-refractivity contribution < 1.29 is 21.7 Å². The molecule has 68 valence electrons. The van der Waals surface area contributed by atoms with E-state index in [-0.39, 0.29) is 11.3 Å². The van der Waals surface area contributed by atoms with E-state index in [9.17, 15) is 21.7 Å². The first-order valence-corrected chi connectivity index (χ1v) is 3.66. The number of thiazole rings is 1. The fraction of sp³-hybridized carbons (Fsp3) is 0.250. The summed E-state index contributed by atoms with van der Waals surface area (Å²) in [7, 11) is 0. The van der Waals surface area contributed by atoms with Crippen LogP contribution in [0.25, 0.3) is 0 Å². The van der Waals surface area contributed by atoms with Crippen LogP contribution in [-0.2, 0) is 0 Å². The molecule has 0 aromatic carbocycles. The lowest BCUT2D eigenvalue weighted by Crippen LogP contribution is -2.30. The zero-order valence-electron chi connectivity index (χ0n) is 5.48. The molecule has 0 spiro atoms. The standard InChI is InChI=1S/C4H2BF5NS/c6-3(7)4-11-1-2(12-4)5(8,9)10/h1,3H/q-1. The Bertz CT molecular complexity index is 269. The Kier molecular flexibility index (Phi) is 2.36. The third-order valence-electron chi connectivity index (χ3n) is 1.05. The minimum Gasteiger partial charge on any atom is -0.444 e. The lowest BCUT2D eigenvalue weighted by Gasteiger charge is -2.09. The molecule has 0 amide bonds. The number of rotatable bonds is 2. The molecule has 0 unspecified atom stereocenters. The molecule has 0 atom stereocenters. The molecule has 0 saturated carbocycles. The average molecular weight is 202 g/mol. The van der Waals surface area contributed by atoms with Crippen LogP contribution in [0.2, 0.25) is 0 Å². The highest BCUT2D eigenvalue weighted by molar-refractivity contribution is 7.23. The van der Waals surface area contributed by atoms with Gasteiger partial charge in [-0.15, -0.1) is 0 Å². The highest BCUT2D eigenvalue weighted by atomic mass is 32.1. The van der Waals surface area contributed by atoms with Gasteiger partial charge in [0.15, 0.2) is 5.01 Å². The predicted molar refractivity (Wildman–Crippen MR) is 35.8 cm³/mol. The monoisotopic (exact) mass is 202 g/mol. The van der Waals surface area contributed by atoms with Gasteiger partial charge in [0, 0.05) is 6.20 Å².